The first kappa shape index (κ1) is 16.3. The maximum Gasteiger partial charge on any atom is 0.268 e. The third kappa shape index (κ3) is 3.36. The third-order valence-electron chi connectivity index (χ3n) is 3.76. The van der Waals surface area contributed by atoms with E-state index in [1.807, 2.05) is 30.3 Å². The van der Waals surface area contributed by atoms with E-state index < -0.39 is 6.10 Å². The summed E-state index contributed by atoms with van der Waals surface area (Å²) in [6, 6.07) is 14.9. The average Bonchev–Trinajstić information content (AvgIpc) is 2.60. The Balaban J connectivity index is 1.95. The number of halogens is 1. The van der Waals surface area contributed by atoms with Gasteiger partial charge in [0, 0.05) is 5.69 Å². The molecule has 2 amide bonds. The van der Waals surface area contributed by atoms with Gasteiger partial charge in [-0.1, -0.05) is 30.3 Å². The van der Waals surface area contributed by atoms with E-state index in [9.17, 15) is 9.59 Å². The lowest BCUT2D eigenvalue weighted by atomic mass is 10.1. The molecule has 1 unspecified atom stereocenters. The minimum absolute atomic E-state index is 0.118. The monoisotopic (exact) mass is 344 g/mol. The molecule has 1 heterocycles. The van der Waals surface area contributed by atoms with Gasteiger partial charge in [-0.2, -0.15) is 0 Å². The molecule has 5 nitrogen and oxygen atoms in total. The second-order valence-corrected chi connectivity index (χ2v) is 5.80. The highest BCUT2D eigenvalue weighted by Crippen LogP contribution is 2.37. The molecule has 0 aliphatic carbocycles. The summed E-state index contributed by atoms with van der Waals surface area (Å²) < 4.78 is 5.67. The lowest BCUT2D eigenvalue weighted by Crippen LogP contribution is -2.44. The van der Waals surface area contributed by atoms with Crippen molar-refractivity contribution < 1.29 is 14.3 Å². The molecule has 0 spiro atoms. The number of hydrogen-bond acceptors (Lipinski definition) is 3. The number of amides is 2. The van der Waals surface area contributed by atoms with E-state index >= 15 is 0 Å². The standard InChI is InChI=1S/C18H17ClN2O3/c1-12-18(23)21(11-13-5-3-2-4-6-13)15-9-14(20-17(22)10-19)7-8-16(15)24-12/h2-9,12H,10-11H2,1H3,(H,20,22). The predicted molar refractivity (Wildman–Crippen MR) is 93.5 cm³/mol. The molecule has 0 saturated heterocycles. The van der Waals surface area contributed by atoms with Crippen LogP contribution in [0.15, 0.2) is 48.5 Å². The Morgan fingerprint density at radius 3 is 2.71 bits per heavy atom. The van der Waals surface area contributed by atoms with Crippen LogP contribution in [0, 0.1) is 0 Å². The zero-order chi connectivity index (χ0) is 17.1. The number of rotatable bonds is 4. The maximum absolute atomic E-state index is 12.6. The van der Waals surface area contributed by atoms with Crippen LogP contribution < -0.4 is 15.0 Å². The van der Waals surface area contributed by atoms with Crippen molar-refractivity contribution >= 4 is 34.8 Å². The van der Waals surface area contributed by atoms with E-state index in [4.69, 9.17) is 16.3 Å². The summed E-state index contributed by atoms with van der Waals surface area (Å²) in [5, 5.41) is 2.69. The van der Waals surface area contributed by atoms with Gasteiger partial charge < -0.3 is 15.0 Å². The molecule has 0 bridgehead atoms. The van der Waals surface area contributed by atoms with Crippen LogP contribution in [0.1, 0.15) is 12.5 Å². The number of nitrogens with one attached hydrogen (secondary N) is 1. The summed E-state index contributed by atoms with van der Waals surface area (Å²) >= 11 is 5.52. The van der Waals surface area contributed by atoms with Crippen molar-refractivity contribution in [2.45, 2.75) is 19.6 Å². The Labute approximate surface area is 145 Å². The van der Waals surface area contributed by atoms with E-state index in [1.165, 1.54) is 0 Å². The van der Waals surface area contributed by atoms with Gasteiger partial charge >= 0.3 is 0 Å². The van der Waals surface area contributed by atoms with Gasteiger partial charge in [0.1, 0.15) is 11.6 Å². The van der Waals surface area contributed by atoms with Crippen molar-refractivity contribution in [3.63, 3.8) is 0 Å². The number of benzene rings is 2. The van der Waals surface area contributed by atoms with Gasteiger partial charge in [0.05, 0.1) is 12.2 Å². The summed E-state index contributed by atoms with van der Waals surface area (Å²) in [4.78, 5) is 25.7. The highest BCUT2D eigenvalue weighted by atomic mass is 35.5. The van der Waals surface area contributed by atoms with Gasteiger partial charge in [0.25, 0.3) is 5.91 Å². The van der Waals surface area contributed by atoms with E-state index in [0.29, 0.717) is 23.7 Å². The molecule has 0 saturated carbocycles. The van der Waals surface area contributed by atoms with Gasteiger partial charge in [-0.3, -0.25) is 9.59 Å². The van der Waals surface area contributed by atoms with Gasteiger partial charge in [-0.15, -0.1) is 11.6 Å². The normalized spacial score (nSPS) is 16.3. The van der Waals surface area contributed by atoms with E-state index in [1.54, 1.807) is 30.0 Å². The molecule has 6 heteroatoms. The number of ether oxygens (including phenoxy) is 1. The number of nitrogens with zero attached hydrogens (tertiary/aromatic N) is 1. The third-order valence-corrected chi connectivity index (χ3v) is 4.00. The summed E-state index contributed by atoms with van der Waals surface area (Å²) in [5.74, 6) is 0.0637. The Bertz CT molecular complexity index is 764. The highest BCUT2D eigenvalue weighted by molar-refractivity contribution is 6.29. The number of anilines is 2. The predicted octanol–water partition coefficient (Wildman–Crippen LogP) is 3.18. The van der Waals surface area contributed by atoms with Crippen molar-refractivity contribution in [1.29, 1.82) is 0 Å². The first-order valence-electron chi connectivity index (χ1n) is 7.60. The van der Waals surface area contributed by atoms with E-state index in [2.05, 4.69) is 5.32 Å². The van der Waals surface area contributed by atoms with E-state index in [-0.39, 0.29) is 17.7 Å². The molecule has 1 aliphatic heterocycles. The number of alkyl halides is 1. The largest absolute Gasteiger partial charge is 0.479 e. The molecule has 1 N–H and O–H groups in total. The Morgan fingerprint density at radius 2 is 2.00 bits per heavy atom. The van der Waals surface area contributed by atoms with Gasteiger partial charge in [-0.05, 0) is 30.7 Å². The van der Waals surface area contributed by atoms with Crippen LogP contribution in [0.2, 0.25) is 0 Å². The zero-order valence-corrected chi connectivity index (χ0v) is 13.9. The molecule has 1 atom stereocenters. The molecule has 0 fully saturated rings. The van der Waals surface area contributed by atoms with Crippen LogP contribution in [0.5, 0.6) is 5.75 Å². The fourth-order valence-corrected chi connectivity index (χ4v) is 2.68. The quantitative estimate of drug-likeness (QED) is 0.867. The minimum Gasteiger partial charge on any atom is -0.479 e. The van der Waals surface area contributed by atoms with Crippen LogP contribution in [0.3, 0.4) is 0 Å². The van der Waals surface area contributed by atoms with Crippen LogP contribution in [0.25, 0.3) is 0 Å². The second kappa shape index (κ2) is 6.93. The van der Waals surface area contributed by atoms with Crippen LogP contribution in [-0.2, 0) is 16.1 Å². The van der Waals surface area contributed by atoms with Crippen LogP contribution in [0.4, 0.5) is 11.4 Å². The highest BCUT2D eigenvalue weighted by Gasteiger charge is 2.31. The smallest absolute Gasteiger partial charge is 0.268 e. The summed E-state index contributed by atoms with van der Waals surface area (Å²) in [5.41, 5.74) is 2.22. The van der Waals surface area contributed by atoms with Crippen LogP contribution in [-0.4, -0.2) is 23.8 Å². The average molecular weight is 345 g/mol. The van der Waals surface area contributed by atoms with Gasteiger partial charge in [-0.25, -0.2) is 0 Å². The number of carbonyl (C=O) groups is 2. The van der Waals surface area contributed by atoms with Crippen molar-refractivity contribution in [3.05, 3.63) is 54.1 Å². The summed E-state index contributed by atoms with van der Waals surface area (Å²) in [7, 11) is 0. The summed E-state index contributed by atoms with van der Waals surface area (Å²) in [6.45, 7) is 2.17. The Kier molecular flexibility index (Phi) is 4.71. The molecule has 0 radical (unpaired) electrons. The number of fused-ring (bicyclic) bond motifs is 1. The van der Waals surface area contributed by atoms with Crippen molar-refractivity contribution in [3.8, 4) is 5.75 Å². The summed E-state index contributed by atoms with van der Waals surface area (Å²) in [6.07, 6.45) is -0.551. The molecule has 0 aromatic heterocycles. The molecule has 124 valence electrons. The fraction of sp³-hybridized carbons (Fsp3) is 0.222. The minimum atomic E-state index is -0.551. The van der Waals surface area contributed by atoms with Crippen molar-refractivity contribution in [2.75, 3.05) is 16.1 Å². The lowest BCUT2D eigenvalue weighted by molar-refractivity contribution is -0.125. The zero-order valence-electron chi connectivity index (χ0n) is 13.2. The van der Waals surface area contributed by atoms with Crippen molar-refractivity contribution in [1.82, 2.24) is 0 Å². The molecular formula is C18H17ClN2O3. The molecule has 1 aliphatic rings. The first-order chi connectivity index (χ1) is 11.6. The SMILES string of the molecule is CC1Oc2ccc(NC(=O)CCl)cc2N(Cc2ccccc2)C1=O. The first-order valence-corrected chi connectivity index (χ1v) is 8.14. The molecule has 24 heavy (non-hydrogen) atoms. The topological polar surface area (TPSA) is 58.6 Å². The molecule has 2 aromatic rings. The molecular weight excluding hydrogens is 328 g/mol. The van der Waals surface area contributed by atoms with E-state index in [0.717, 1.165) is 5.56 Å². The Hall–Kier alpha value is -2.53. The van der Waals surface area contributed by atoms with Gasteiger partial charge in [0.15, 0.2) is 6.10 Å². The molecule has 3 rings (SSSR count). The number of hydrogen-bond donors (Lipinski definition) is 1. The second-order valence-electron chi connectivity index (χ2n) is 5.53. The fourth-order valence-electron chi connectivity index (χ4n) is 2.61. The Morgan fingerprint density at radius 1 is 1.25 bits per heavy atom. The van der Waals surface area contributed by atoms with Crippen LogP contribution >= 0.6 is 11.6 Å². The lowest BCUT2D eigenvalue weighted by Gasteiger charge is -2.33. The number of carbonyl (C=O) groups excluding carboxylic acids is 2. The van der Waals surface area contributed by atoms with Gasteiger partial charge in [0.2, 0.25) is 5.91 Å². The molecule has 2 aromatic carbocycles. The maximum atomic E-state index is 12.6. The van der Waals surface area contributed by atoms with Crippen molar-refractivity contribution in [2.24, 2.45) is 0 Å².